The second kappa shape index (κ2) is 10.2. The summed E-state index contributed by atoms with van der Waals surface area (Å²) in [6.45, 7) is 2.24. The first-order chi connectivity index (χ1) is 9.71. The van der Waals surface area contributed by atoms with Crippen LogP contribution in [0.2, 0.25) is 0 Å². The summed E-state index contributed by atoms with van der Waals surface area (Å²) in [5.74, 6) is 6.62. The summed E-state index contributed by atoms with van der Waals surface area (Å²) in [5, 5.41) is 0. The van der Waals surface area contributed by atoms with E-state index < -0.39 is 0 Å². The van der Waals surface area contributed by atoms with Crippen molar-refractivity contribution >= 4 is 15.9 Å². The molecule has 0 heterocycles. The number of benzene rings is 1. The van der Waals surface area contributed by atoms with Gasteiger partial charge >= 0.3 is 0 Å². The zero-order valence-corrected chi connectivity index (χ0v) is 14.2. The Morgan fingerprint density at radius 1 is 1.25 bits per heavy atom. The van der Waals surface area contributed by atoms with Crippen LogP contribution in [0.5, 0.6) is 5.75 Å². The first kappa shape index (κ1) is 17.5. The quantitative estimate of drug-likeness (QED) is 0.380. The molecular weight excluding hydrogens is 316 g/mol. The fraction of sp³-hybridized carbons (Fsp3) is 0.625. The summed E-state index contributed by atoms with van der Waals surface area (Å²) in [7, 11) is 1.71. The Bertz CT molecular complexity index is 385. The number of methoxy groups -OCH3 is 1. The number of hydrogen-bond donors (Lipinski definition) is 2. The third kappa shape index (κ3) is 6.25. The molecule has 20 heavy (non-hydrogen) atoms. The zero-order chi connectivity index (χ0) is 14.8. The summed E-state index contributed by atoms with van der Waals surface area (Å²) in [5.41, 5.74) is 4.13. The molecule has 0 aromatic heterocycles. The van der Waals surface area contributed by atoms with Crippen LogP contribution in [0.25, 0.3) is 0 Å². The van der Waals surface area contributed by atoms with E-state index >= 15 is 0 Å². The molecule has 1 aromatic carbocycles. The van der Waals surface area contributed by atoms with Crippen molar-refractivity contribution in [1.29, 1.82) is 0 Å². The molecular formula is C16H27BrN2O. The minimum absolute atomic E-state index is 0.305. The van der Waals surface area contributed by atoms with Crippen LogP contribution < -0.4 is 16.0 Å². The maximum absolute atomic E-state index is 5.69. The second-order valence-corrected chi connectivity index (χ2v) is 6.14. The van der Waals surface area contributed by atoms with E-state index in [1.165, 1.54) is 37.7 Å². The van der Waals surface area contributed by atoms with E-state index in [1.54, 1.807) is 7.11 Å². The van der Waals surface area contributed by atoms with Gasteiger partial charge in [-0.2, -0.15) is 0 Å². The maximum atomic E-state index is 5.69. The van der Waals surface area contributed by atoms with Crippen molar-refractivity contribution in [3.05, 3.63) is 28.2 Å². The van der Waals surface area contributed by atoms with E-state index in [0.29, 0.717) is 6.04 Å². The van der Waals surface area contributed by atoms with Crippen LogP contribution in [-0.2, 0) is 6.42 Å². The fourth-order valence-corrected chi connectivity index (χ4v) is 2.82. The van der Waals surface area contributed by atoms with Gasteiger partial charge in [0.05, 0.1) is 7.11 Å². The van der Waals surface area contributed by atoms with Gasteiger partial charge < -0.3 is 4.74 Å². The number of rotatable bonds is 10. The topological polar surface area (TPSA) is 47.3 Å². The highest BCUT2D eigenvalue weighted by molar-refractivity contribution is 9.10. The Kier molecular flexibility index (Phi) is 8.90. The lowest BCUT2D eigenvalue weighted by Crippen LogP contribution is -2.36. The van der Waals surface area contributed by atoms with Crippen molar-refractivity contribution in [2.24, 2.45) is 5.84 Å². The predicted octanol–water partition coefficient (Wildman–Crippen LogP) is 4.19. The molecule has 0 saturated carbocycles. The molecule has 0 aliphatic rings. The highest BCUT2D eigenvalue weighted by Gasteiger charge is 2.11. The van der Waals surface area contributed by atoms with Crippen molar-refractivity contribution in [3.63, 3.8) is 0 Å². The first-order valence-corrected chi connectivity index (χ1v) is 8.29. The molecule has 3 nitrogen and oxygen atoms in total. The van der Waals surface area contributed by atoms with Gasteiger partial charge in [-0.05, 0) is 36.6 Å². The standard InChI is InChI=1S/C16H27BrN2O/c1-3-4-5-6-7-8-15(19-18)12-13-11-14(17)9-10-16(13)20-2/h9-11,15,19H,3-8,12,18H2,1-2H3. The minimum atomic E-state index is 0.305. The van der Waals surface area contributed by atoms with Crippen LogP contribution in [0.4, 0.5) is 0 Å². The van der Waals surface area contributed by atoms with Gasteiger partial charge in [-0.25, -0.2) is 0 Å². The number of hydrogen-bond acceptors (Lipinski definition) is 3. The monoisotopic (exact) mass is 342 g/mol. The van der Waals surface area contributed by atoms with Gasteiger partial charge in [0.25, 0.3) is 0 Å². The average Bonchev–Trinajstić information content (AvgIpc) is 2.46. The lowest BCUT2D eigenvalue weighted by Gasteiger charge is -2.18. The number of nitrogens with two attached hydrogens (primary N) is 1. The molecule has 4 heteroatoms. The number of halogens is 1. The Morgan fingerprint density at radius 3 is 2.65 bits per heavy atom. The summed E-state index contributed by atoms with van der Waals surface area (Å²) in [4.78, 5) is 0. The van der Waals surface area contributed by atoms with E-state index in [9.17, 15) is 0 Å². The van der Waals surface area contributed by atoms with Crippen LogP contribution >= 0.6 is 15.9 Å². The van der Waals surface area contributed by atoms with E-state index in [4.69, 9.17) is 10.6 Å². The normalized spacial score (nSPS) is 12.4. The van der Waals surface area contributed by atoms with Gasteiger partial charge in [-0.15, -0.1) is 0 Å². The first-order valence-electron chi connectivity index (χ1n) is 7.49. The highest BCUT2D eigenvalue weighted by atomic mass is 79.9. The van der Waals surface area contributed by atoms with Gasteiger partial charge in [0.2, 0.25) is 0 Å². The van der Waals surface area contributed by atoms with Crippen LogP contribution in [0.1, 0.15) is 51.0 Å². The third-order valence-corrected chi connectivity index (χ3v) is 4.09. The van der Waals surface area contributed by atoms with Crippen molar-refractivity contribution in [3.8, 4) is 5.75 Å². The number of unbranched alkanes of at least 4 members (excludes halogenated alkanes) is 4. The van der Waals surface area contributed by atoms with Crippen molar-refractivity contribution in [2.75, 3.05) is 7.11 Å². The SMILES string of the molecule is CCCCCCCC(Cc1cc(Br)ccc1OC)NN. The van der Waals surface area contributed by atoms with Gasteiger partial charge in [-0.3, -0.25) is 11.3 Å². The average molecular weight is 343 g/mol. The Morgan fingerprint density at radius 2 is 2.00 bits per heavy atom. The number of ether oxygens (including phenoxy) is 1. The summed E-state index contributed by atoms with van der Waals surface area (Å²) < 4.78 is 6.49. The Hall–Kier alpha value is -0.580. The van der Waals surface area contributed by atoms with Crippen molar-refractivity contribution in [2.45, 2.75) is 57.9 Å². The lowest BCUT2D eigenvalue weighted by atomic mass is 9.99. The van der Waals surface area contributed by atoms with Crippen LogP contribution in [-0.4, -0.2) is 13.2 Å². The molecule has 0 aliphatic heterocycles. The van der Waals surface area contributed by atoms with Gasteiger partial charge in [0.15, 0.2) is 0 Å². The molecule has 3 N–H and O–H groups in total. The summed E-state index contributed by atoms with van der Waals surface area (Å²) in [6, 6.07) is 6.41. The van der Waals surface area contributed by atoms with E-state index in [1.807, 2.05) is 12.1 Å². The predicted molar refractivity (Wildman–Crippen MR) is 88.9 cm³/mol. The van der Waals surface area contributed by atoms with Gasteiger partial charge in [0.1, 0.15) is 5.75 Å². The maximum Gasteiger partial charge on any atom is 0.122 e. The van der Waals surface area contributed by atoms with Crippen molar-refractivity contribution < 1.29 is 4.74 Å². The van der Waals surface area contributed by atoms with E-state index in [2.05, 4.69) is 34.3 Å². The molecule has 114 valence electrons. The molecule has 1 aromatic rings. The Balaban J connectivity index is 2.48. The summed E-state index contributed by atoms with van der Waals surface area (Å²) in [6.07, 6.45) is 8.47. The smallest absolute Gasteiger partial charge is 0.122 e. The van der Waals surface area contributed by atoms with Gasteiger partial charge in [-0.1, -0.05) is 55.0 Å². The van der Waals surface area contributed by atoms with Gasteiger partial charge in [0, 0.05) is 10.5 Å². The molecule has 0 aliphatic carbocycles. The minimum Gasteiger partial charge on any atom is -0.496 e. The largest absolute Gasteiger partial charge is 0.496 e. The number of hydrazine groups is 1. The molecule has 1 atom stereocenters. The number of nitrogens with one attached hydrogen (secondary N) is 1. The molecule has 1 rings (SSSR count). The lowest BCUT2D eigenvalue weighted by molar-refractivity contribution is 0.400. The molecule has 1 unspecified atom stereocenters. The van der Waals surface area contributed by atoms with Crippen LogP contribution in [0.3, 0.4) is 0 Å². The molecule has 0 amide bonds. The highest BCUT2D eigenvalue weighted by Crippen LogP contribution is 2.25. The molecule has 0 bridgehead atoms. The van der Waals surface area contributed by atoms with E-state index in [0.717, 1.165) is 23.1 Å². The van der Waals surface area contributed by atoms with Crippen LogP contribution in [0.15, 0.2) is 22.7 Å². The molecule has 0 fully saturated rings. The second-order valence-electron chi connectivity index (χ2n) is 5.23. The van der Waals surface area contributed by atoms with Crippen molar-refractivity contribution in [1.82, 2.24) is 5.43 Å². The van der Waals surface area contributed by atoms with Crippen LogP contribution in [0, 0.1) is 0 Å². The zero-order valence-electron chi connectivity index (χ0n) is 12.6. The molecule has 0 saturated heterocycles. The fourth-order valence-electron chi connectivity index (χ4n) is 2.41. The third-order valence-electron chi connectivity index (χ3n) is 3.60. The molecule has 0 spiro atoms. The van der Waals surface area contributed by atoms with E-state index in [-0.39, 0.29) is 0 Å². The Labute approximate surface area is 131 Å². The molecule has 0 radical (unpaired) electrons. The summed E-state index contributed by atoms with van der Waals surface area (Å²) >= 11 is 3.51.